The average molecular weight is 279 g/mol. The number of methoxy groups -OCH3 is 2. The van der Waals surface area contributed by atoms with Crippen molar-refractivity contribution in [1.82, 2.24) is 0 Å². The molecular formula is C11H25NO5Si. The highest BCUT2D eigenvalue weighted by atomic mass is 28.4. The Kier molecular flexibility index (Phi) is 10.2. The summed E-state index contributed by atoms with van der Waals surface area (Å²) in [5.74, 6) is 0. The Morgan fingerprint density at radius 2 is 1.50 bits per heavy atom. The Morgan fingerprint density at radius 1 is 1.00 bits per heavy atom. The third-order valence-corrected chi connectivity index (χ3v) is 4.06. The fraction of sp³-hybridized carbons (Fsp3) is 0.909. The summed E-state index contributed by atoms with van der Waals surface area (Å²) in [6.45, 7) is 7.56. The van der Waals surface area contributed by atoms with E-state index in [1.54, 1.807) is 14.2 Å². The van der Waals surface area contributed by atoms with Gasteiger partial charge in [0.05, 0.1) is 32.1 Å². The average Bonchev–Trinajstić information content (AvgIpc) is 2.37. The van der Waals surface area contributed by atoms with Crippen molar-refractivity contribution in [2.45, 2.75) is 26.8 Å². The molecule has 0 saturated heterocycles. The molecule has 6 nitrogen and oxygen atoms in total. The normalized spacial score (nSPS) is 12.8. The van der Waals surface area contributed by atoms with Crippen molar-refractivity contribution >= 4 is 14.5 Å². The van der Waals surface area contributed by atoms with Crippen molar-refractivity contribution in [3.05, 3.63) is 0 Å². The molecule has 0 aliphatic rings. The summed E-state index contributed by atoms with van der Waals surface area (Å²) in [5, 5.41) is 4.02. The van der Waals surface area contributed by atoms with E-state index in [9.17, 15) is 0 Å². The molecule has 0 unspecified atom stereocenters. The monoisotopic (exact) mass is 279 g/mol. The van der Waals surface area contributed by atoms with Crippen LogP contribution in [0.4, 0.5) is 0 Å². The van der Waals surface area contributed by atoms with Crippen molar-refractivity contribution < 1.29 is 22.9 Å². The van der Waals surface area contributed by atoms with E-state index in [1.807, 2.05) is 20.4 Å². The van der Waals surface area contributed by atoms with Crippen LogP contribution in [0.15, 0.2) is 5.16 Å². The zero-order chi connectivity index (χ0) is 13.9. The zero-order valence-corrected chi connectivity index (χ0v) is 13.0. The summed E-state index contributed by atoms with van der Waals surface area (Å²) in [6.07, 6.45) is 0.834. The van der Waals surface area contributed by atoms with Crippen LogP contribution in [-0.4, -0.2) is 55.2 Å². The van der Waals surface area contributed by atoms with Gasteiger partial charge in [-0.25, -0.2) is 0 Å². The third kappa shape index (κ3) is 8.59. The van der Waals surface area contributed by atoms with Crippen LogP contribution >= 0.6 is 0 Å². The van der Waals surface area contributed by atoms with Crippen molar-refractivity contribution in [2.75, 3.05) is 40.6 Å². The fourth-order valence-corrected chi connectivity index (χ4v) is 2.36. The molecule has 108 valence electrons. The van der Waals surface area contributed by atoms with Crippen molar-refractivity contribution in [2.24, 2.45) is 5.16 Å². The van der Waals surface area contributed by atoms with Gasteiger partial charge < -0.3 is 22.9 Å². The Morgan fingerprint density at radius 3 is 1.89 bits per heavy atom. The second kappa shape index (κ2) is 10.4. The van der Waals surface area contributed by atoms with Crippen molar-refractivity contribution in [3.8, 4) is 0 Å². The topological polar surface area (TPSA) is 58.5 Å². The van der Waals surface area contributed by atoms with Gasteiger partial charge in [0.2, 0.25) is 0 Å². The van der Waals surface area contributed by atoms with Gasteiger partial charge in [0, 0.05) is 20.8 Å². The quantitative estimate of drug-likeness (QED) is 0.249. The molecule has 0 radical (unpaired) electrons. The molecule has 0 saturated carbocycles. The standard InChI is InChI=1S/C11H25NO5Si/c1-6-11(2)12-17-18(5,15-9-7-13-3)16-10-8-14-4/h6-10H2,1-5H3. The van der Waals surface area contributed by atoms with Gasteiger partial charge in [-0.05, 0) is 13.3 Å². The van der Waals surface area contributed by atoms with Crippen molar-refractivity contribution in [1.29, 1.82) is 0 Å². The SMILES string of the molecule is CCC(C)=NO[Si](C)(OCCOC)OCCOC. The molecule has 0 heterocycles. The maximum atomic E-state index is 5.62. The van der Waals surface area contributed by atoms with E-state index in [1.165, 1.54) is 0 Å². The number of hydrogen-bond acceptors (Lipinski definition) is 6. The van der Waals surface area contributed by atoms with Crippen LogP contribution in [0.3, 0.4) is 0 Å². The van der Waals surface area contributed by atoms with Gasteiger partial charge in [-0.1, -0.05) is 6.92 Å². The minimum absolute atomic E-state index is 0.424. The molecule has 0 spiro atoms. The predicted octanol–water partition coefficient (Wildman–Crippen LogP) is 1.68. The largest absolute Gasteiger partial charge is 0.584 e. The van der Waals surface area contributed by atoms with E-state index in [2.05, 4.69) is 5.16 Å². The molecule has 0 rings (SSSR count). The smallest absolute Gasteiger partial charge is 0.394 e. The lowest BCUT2D eigenvalue weighted by Gasteiger charge is -2.23. The van der Waals surface area contributed by atoms with Gasteiger partial charge in [-0.2, -0.15) is 0 Å². The van der Waals surface area contributed by atoms with E-state index in [-0.39, 0.29) is 0 Å². The van der Waals surface area contributed by atoms with Gasteiger partial charge >= 0.3 is 8.80 Å². The number of nitrogens with zero attached hydrogens (tertiary/aromatic N) is 1. The fourth-order valence-electron chi connectivity index (χ4n) is 0.941. The lowest BCUT2D eigenvalue weighted by molar-refractivity contribution is 0.0315. The summed E-state index contributed by atoms with van der Waals surface area (Å²) in [4.78, 5) is 0. The van der Waals surface area contributed by atoms with Crippen LogP contribution in [0, 0.1) is 0 Å². The summed E-state index contributed by atoms with van der Waals surface area (Å²) >= 11 is 0. The van der Waals surface area contributed by atoms with E-state index in [0.29, 0.717) is 26.4 Å². The van der Waals surface area contributed by atoms with Crippen LogP contribution in [0.25, 0.3) is 0 Å². The summed E-state index contributed by atoms with van der Waals surface area (Å²) in [6, 6.07) is 0. The first-order chi connectivity index (χ1) is 8.58. The van der Waals surface area contributed by atoms with Crippen molar-refractivity contribution in [3.63, 3.8) is 0 Å². The van der Waals surface area contributed by atoms with Crippen LogP contribution in [0.2, 0.25) is 6.55 Å². The number of ether oxygens (including phenoxy) is 2. The van der Waals surface area contributed by atoms with Gasteiger partial charge in [0.1, 0.15) is 0 Å². The van der Waals surface area contributed by atoms with Crippen LogP contribution in [0.5, 0.6) is 0 Å². The highest BCUT2D eigenvalue weighted by Crippen LogP contribution is 2.10. The zero-order valence-electron chi connectivity index (χ0n) is 12.0. The van der Waals surface area contributed by atoms with Gasteiger partial charge in [-0.15, -0.1) is 5.16 Å². The molecule has 0 aliphatic carbocycles. The molecule has 7 heteroatoms. The summed E-state index contributed by atoms with van der Waals surface area (Å²) in [7, 11) is 0.488. The molecule has 0 N–H and O–H groups in total. The molecule has 18 heavy (non-hydrogen) atoms. The highest BCUT2D eigenvalue weighted by molar-refractivity contribution is 6.59. The Labute approximate surface area is 111 Å². The van der Waals surface area contributed by atoms with Gasteiger partial charge in [-0.3, -0.25) is 0 Å². The molecular weight excluding hydrogens is 254 g/mol. The molecule has 0 aromatic rings. The molecule has 0 aliphatic heterocycles. The molecule has 0 aromatic carbocycles. The highest BCUT2D eigenvalue weighted by Gasteiger charge is 2.37. The minimum atomic E-state index is -2.75. The van der Waals surface area contributed by atoms with E-state index >= 15 is 0 Å². The second-order valence-corrected chi connectivity index (χ2v) is 6.30. The van der Waals surface area contributed by atoms with Gasteiger partial charge in [0.15, 0.2) is 0 Å². The lowest BCUT2D eigenvalue weighted by atomic mass is 10.3. The number of oxime groups is 1. The third-order valence-electron chi connectivity index (χ3n) is 2.18. The molecule has 0 aromatic heterocycles. The number of rotatable bonds is 11. The lowest BCUT2D eigenvalue weighted by Crippen LogP contribution is -2.43. The predicted molar refractivity (Wildman–Crippen MR) is 71.8 cm³/mol. The minimum Gasteiger partial charge on any atom is -0.394 e. The number of hydrogen-bond donors (Lipinski definition) is 0. The Bertz CT molecular complexity index is 227. The second-order valence-electron chi connectivity index (χ2n) is 3.82. The van der Waals surface area contributed by atoms with Crippen LogP contribution < -0.4 is 0 Å². The summed E-state index contributed by atoms with van der Waals surface area (Å²) < 4.78 is 26.6. The Hall–Kier alpha value is -0.473. The maximum absolute atomic E-state index is 5.62. The first-order valence-corrected chi connectivity index (χ1v) is 8.28. The van der Waals surface area contributed by atoms with E-state index in [0.717, 1.165) is 12.1 Å². The van der Waals surface area contributed by atoms with E-state index < -0.39 is 8.80 Å². The molecule has 0 amide bonds. The maximum Gasteiger partial charge on any atom is 0.584 e. The van der Waals surface area contributed by atoms with Gasteiger partial charge in [0.25, 0.3) is 0 Å². The molecule has 0 atom stereocenters. The first kappa shape index (κ1) is 17.5. The Balaban J connectivity index is 4.28. The van der Waals surface area contributed by atoms with Crippen LogP contribution in [-0.2, 0) is 22.9 Å². The first-order valence-electron chi connectivity index (χ1n) is 6.05. The van der Waals surface area contributed by atoms with E-state index in [4.69, 9.17) is 22.9 Å². The molecule has 0 fully saturated rings. The van der Waals surface area contributed by atoms with Crippen LogP contribution in [0.1, 0.15) is 20.3 Å². The summed E-state index contributed by atoms with van der Waals surface area (Å²) in [5.41, 5.74) is 0.902. The molecule has 0 bridgehead atoms.